The lowest BCUT2D eigenvalue weighted by molar-refractivity contribution is -0.265. The monoisotopic (exact) mass is 192 g/mol. The molecule has 5 nitrogen and oxygen atoms in total. The lowest BCUT2D eigenvalue weighted by atomic mass is 10.0. The summed E-state index contributed by atoms with van der Waals surface area (Å²) in [6, 6.07) is 0. The molecule has 0 bridgehead atoms. The second-order valence-electron chi connectivity index (χ2n) is 3.04. The van der Waals surface area contributed by atoms with E-state index >= 15 is 0 Å². The van der Waals surface area contributed by atoms with Crippen molar-refractivity contribution in [3.8, 4) is 0 Å². The molecule has 0 aromatic rings. The molecule has 4 atom stereocenters. The van der Waals surface area contributed by atoms with E-state index in [9.17, 15) is 5.11 Å². The first-order chi connectivity index (χ1) is 6.22. The zero-order valence-electron chi connectivity index (χ0n) is 7.84. The number of hydrogen-bond acceptors (Lipinski definition) is 5. The zero-order chi connectivity index (χ0) is 9.84. The Balaban J connectivity index is 2.54. The Morgan fingerprint density at radius 1 is 1.38 bits per heavy atom. The Bertz CT molecular complexity index is 151. The van der Waals surface area contributed by atoms with Gasteiger partial charge in [-0.1, -0.05) is 0 Å². The van der Waals surface area contributed by atoms with E-state index in [0.717, 1.165) is 0 Å². The zero-order valence-corrected chi connectivity index (χ0v) is 7.84. The second-order valence-corrected chi connectivity index (χ2v) is 3.04. The van der Waals surface area contributed by atoms with Gasteiger partial charge in [0.05, 0.1) is 12.7 Å². The molecule has 1 aliphatic heterocycles. The summed E-state index contributed by atoms with van der Waals surface area (Å²) in [4.78, 5) is 0. The van der Waals surface area contributed by atoms with Gasteiger partial charge in [-0.05, 0) is 0 Å². The molecule has 3 unspecified atom stereocenters. The van der Waals surface area contributed by atoms with Gasteiger partial charge in [0.2, 0.25) is 0 Å². The van der Waals surface area contributed by atoms with Crippen molar-refractivity contribution >= 4 is 0 Å². The Morgan fingerprint density at radius 3 is 2.54 bits per heavy atom. The summed E-state index contributed by atoms with van der Waals surface area (Å²) < 4.78 is 15.2. The Morgan fingerprint density at radius 2 is 2.08 bits per heavy atom. The number of methoxy groups -OCH3 is 2. The maximum atomic E-state index is 9.47. The molecular formula is C8H16O5. The molecule has 13 heavy (non-hydrogen) atoms. The van der Waals surface area contributed by atoms with Crippen LogP contribution in [-0.4, -0.2) is 55.6 Å². The fourth-order valence-corrected chi connectivity index (χ4v) is 1.47. The van der Waals surface area contributed by atoms with E-state index in [-0.39, 0.29) is 12.7 Å². The Hall–Kier alpha value is -0.200. The molecule has 2 N–H and O–H groups in total. The minimum atomic E-state index is -0.697. The fraction of sp³-hybridized carbons (Fsp3) is 1.00. The molecule has 1 rings (SSSR count). The van der Waals surface area contributed by atoms with Crippen molar-refractivity contribution in [3.63, 3.8) is 0 Å². The fourth-order valence-electron chi connectivity index (χ4n) is 1.47. The van der Waals surface area contributed by atoms with E-state index in [4.69, 9.17) is 19.3 Å². The van der Waals surface area contributed by atoms with Crippen LogP contribution in [0.25, 0.3) is 0 Å². The van der Waals surface area contributed by atoms with Crippen molar-refractivity contribution in [2.24, 2.45) is 0 Å². The highest BCUT2D eigenvalue weighted by Crippen LogP contribution is 2.22. The summed E-state index contributed by atoms with van der Waals surface area (Å²) in [5.41, 5.74) is 0. The molecule has 0 saturated carbocycles. The van der Waals surface area contributed by atoms with Crippen molar-refractivity contribution < 1.29 is 24.4 Å². The summed E-state index contributed by atoms with van der Waals surface area (Å²) in [6.45, 7) is -0.134. The van der Waals surface area contributed by atoms with E-state index in [1.165, 1.54) is 14.2 Å². The van der Waals surface area contributed by atoms with Gasteiger partial charge in [-0.2, -0.15) is 0 Å². The minimum absolute atomic E-state index is 0.134. The number of ether oxygens (including phenoxy) is 3. The third-order valence-electron chi connectivity index (χ3n) is 2.23. The third kappa shape index (κ3) is 2.38. The minimum Gasteiger partial charge on any atom is -0.394 e. The quantitative estimate of drug-likeness (QED) is 0.607. The van der Waals surface area contributed by atoms with Gasteiger partial charge in [0, 0.05) is 20.6 Å². The maximum absolute atomic E-state index is 9.47. The van der Waals surface area contributed by atoms with Crippen LogP contribution in [0.3, 0.4) is 0 Å². The standard InChI is InChI=1S/C8H16O5/c1-11-6-3-5(10)8(12-2)13-7(6)4-9/h5-10H,3-4H2,1-2H3/t5?,6-,7?,8?/m0/s1. The van der Waals surface area contributed by atoms with Gasteiger partial charge in [0.15, 0.2) is 6.29 Å². The summed E-state index contributed by atoms with van der Waals surface area (Å²) in [7, 11) is 2.98. The highest BCUT2D eigenvalue weighted by molar-refractivity contribution is 4.81. The van der Waals surface area contributed by atoms with Crippen molar-refractivity contribution in [2.75, 3.05) is 20.8 Å². The molecule has 0 aromatic carbocycles. The molecule has 0 aliphatic carbocycles. The van der Waals surface area contributed by atoms with Crippen LogP contribution in [-0.2, 0) is 14.2 Å². The van der Waals surface area contributed by atoms with Gasteiger partial charge in [-0.3, -0.25) is 0 Å². The van der Waals surface area contributed by atoms with Crippen LogP contribution in [0.2, 0.25) is 0 Å². The molecule has 1 heterocycles. The average Bonchev–Trinajstić information content (AvgIpc) is 2.17. The van der Waals surface area contributed by atoms with Crippen molar-refractivity contribution in [1.82, 2.24) is 0 Å². The van der Waals surface area contributed by atoms with Crippen LogP contribution in [0, 0.1) is 0 Å². The van der Waals surface area contributed by atoms with E-state index in [0.29, 0.717) is 6.42 Å². The molecule has 0 aromatic heterocycles. The van der Waals surface area contributed by atoms with Crippen molar-refractivity contribution in [3.05, 3.63) is 0 Å². The van der Waals surface area contributed by atoms with Crippen LogP contribution < -0.4 is 0 Å². The van der Waals surface area contributed by atoms with Gasteiger partial charge < -0.3 is 24.4 Å². The molecule has 78 valence electrons. The smallest absolute Gasteiger partial charge is 0.183 e. The average molecular weight is 192 g/mol. The summed E-state index contributed by atoms with van der Waals surface area (Å²) in [5, 5.41) is 18.4. The molecular weight excluding hydrogens is 176 g/mol. The molecule has 1 aliphatic rings. The van der Waals surface area contributed by atoms with Gasteiger partial charge in [0.25, 0.3) is 0 Å². The van der Waals surface area contributed by atoms with Gasteiger partial charge in [-0.25, -0.2) is 0 Å². The number of rotatable bonds is 3. The van der Waals surface area contributed by atoms with Gasteiger partial charge in [-0.15, -0.1) is 0 Å². The van der Waals surface area contributed by atoms with E-state index in [1.807, 2.05) is 0 Å². The second kappa shape index (κ2) is 4.88. The number of aliphatic hydroxyl groups is 2. The van der Waals surface area contributed by atoms with Crippen molar-refractivity contribution in [1.29, 1.82) is 0 Å². The number of aliphatic hydroxyl groups excluding tert-OH is 2. The van der Waals surface area contributed by atoms with Crippen LogP contribution in [0.4, 0.5) is 0 Å². The molecule has 1 fully saturated rings. The first kappa shape index (κ1) is 10.9. The first-order valence-corrected chi connectivity index (χ1v) is 4.23. The third-order valence-corrected chi connectivity index (χ3v) is 2.23. The summed E-state index contributed by atoms with van der Waals surface area (Å²) in [5.74, 6) is 0. The van der Waals surface area contributed by atoms with Crippen LogP contribution in [0.1, 0.15) is 6.42 Å². The van der Waals surface area contributed by atoms with Crippen molar-refractivity contribution in [2.45, 2.75) is 31.0 Å². The summed E-state index contributed by atoms with van der Waals surface area (Å²) in [6.07, 6.45) is -1.63. The number of hydrogen-bond donors (Lipinski definition) is 2. The van der Waals surface area contributed by atoms with Crippen LogP contribution in [0.5, 0.6) is 0 Å². The predicted molar refractivity (Wildman–Crippen MR) is 44.2 cm³/mol. The van der Waals surface area contributed by atoms with E-state index in [2.05, 4.69) is 0 Å². The molecule has 1 saturated heterocycles. The SMILES string of the molecule is COC1OC(CO)[C@@H](OC)CC1O. The summed E-state index contributed by atoms with van der Waals surface area (Å²) >= 11 is 0. The molecule has 0 radical (unpaired) electrons. The van der Waals surface area contributed by atoms with Crippen LogP contribution >= 0.6 is 0 Å². The maximum Gasteiger partial charge on any atom is 0.183 e. The molecule has 5 heteroatoms. The first-order valence-electron chi connectivity index (χ1n) is 4.23. The normalized spacial score (nSPS) is 40.6. The molecule has 0 spiro atoms. The largest absolute Gasteiger partial charge is 0.394 e. The highest BCUT2D eigenvalue weighted by Gasteiger charge is 2.36. The predicted octanol–water partition coefficient (Wildman–Crippen LogP) is -0.884. The van der Waals surface area contributed by atoms with Gasteiger partial charge in [0.1, 0.15) is 12.2 Å². The van der Waals surface area contributed by atoms with E-state index < -0.39 is 18.5 Å². The lowest BCUT2D eigenvalue weighted by Gasteiger charge is -2.37. The Labute approximate surface area is 77.2 Å². The lowest BCUT2D eigenvalue weighted by Crippen LogP contribution is -2.50. The topological polar surface area (TPSA) is 68.2 Å². The Kier molecular flexibility index (Phi) is 4.08. The molecule has 0 amide bonds. The van der Waals surface area contributed by atoms with Crippen LogP contribution in [0.15, 0.2) is 0 Å². The highest BCUT2D eigenvalue weighted by atomic mass is 16.7. The van der Waals surface area contributed by atoms with Gasteiger partial charge >= 0.3 is 0 Å². The van der Waals surface area contributed by atoms with E-state index in [1.54, 1.807) is 0 Å².